The molecule has 8 heteroatoms. The zero-order valence-electron chi connectivity index (χ0n) is 11.4. The molecule has 21 heavy (non-hydrogen) atoms. The summed E-state index contributed by atoms with van der Waals surface area (Å²) in [6.45, 7) is 3.77. The zero-order chi connectivity index (χ0) is 15.6. The van der Waals surface area contributed by atoms with Gasteiger partial charge in [-0.15, -0.1) is 0 Å². The maximum absolute atomic E-state index is 11.2. The van der Waals surface area contributed by atoms with Crippen molar-refractivity contribution in [3.63, 3.8) is 0 Å². The van der Waals surface area contributed by atoms with Crippen LogP contribution in [0.4, 0.5) is 11.4 Å². The van der Waals surface area contributed by atoms with Crippen molar-refractivity contribution in [3.05, 3.63) is 51.2 Å². The number of aryl methyl sites for hydroxylation is 2. The molecule has 0 amide bonds. The molecular weight excluding hydrogens is 278 g/mol. The summed E-state index contributed by atoms with van der Waals surface area (Å²) < 4.78 is 5.37. The lowest BCUT2D eigenvalue weighted by atomic mass is 10.1. The number of aromatic nitrogens is 1. The van der Waals surface area contributed by atoms with Crippen LogP contribution >= 0.6 is 0 Å². The SMILES string of the molecule is Cc1nc(CNc2ccc([N+](=O)[O-])cc2C(=O)O)oc1C. The number of anilines is 1. The Kier molecular flexibility index (Phi) is 3.88. The first-order valence-corrected chi connectivity index (χ1v) is 6.07. The maximum atomic E-state index is 11.2. The Morgan fingerprint density at radius 2 is 2.19 bits per heavy atom. The van der Waals surface area contributed by atoms with Gasteiger partial charge in [0, 0.05) is 17.8 Å². The third-order valence-electron chi connectivity index (χ3n) is 2.95. The van der Waals surface area contributed by atoms with E-state index < -0.39 is 10.9 Å². The Labute approximate surface area is 119 Å². The number of benzene rings is 1. The molecule has 0 fully saturated rings. The van der Waals surface area contributed by atoms with Crippen LogP contribution in [0.25, 0.3) is 0 Å². The van der Waals surface area contributed by atoms with Gasteiger partial charge in [-0.1, -0.05) is 0 Å². The fraction of sp³-hybridized carbons (Fsp3) is 0.231. The number of carbonyl (C=O) groups is 1. The summed E-state index contributed by atoms with van der Waals surface area (Å²) in [5.74, 6) is -0.144. The first kappa shape index (κ1) is 14.5. The number of nitrogens with one attached hydrogen (secondary N) is 1. The second kappa shape index (κ2) is 5.61. The third-order valence-corrected chi connectivity index (χ3v) is 2.95. The summed E-state index contributed by atoms with van der Waals surface area (Å²) >= 11 is 0. The van der Waals surface area contributed by atoms with Crippen LogP contribution in [0.2, 0.25) is 0 Å². The van der Waals surface area contributed by atoms with Gasteiger partial charge in [-0.05, 0) is 19.9 Å². The third kappa shape index (κ3) is 3.16. The zero-order valence-corrected chi connectivity index (χ0v) is 11.4. The van der Waals surface area contributed by atoms with Gasteiger partial charge in [0.1, 0.15) is 5.76 Å². The molecule has 0 unspecified atom stereocenters. The van der Waals surface area contributed by atoms with Crippen molar-refractivity contribution in [1.29, 1.82) is 0 Å². The van der Waals surface area contributed by atoms with Crippen LogP contribution in [-0.4, -0.2) is 21.0 Å². The standard InChI is InChI=1S/C13H13N3O5/c1-7-8(2)21-12(15-7)6-14-11-4-3-9(16(19)20)5-10(11)13(17)18/h3-5,14H,6H2,1-2H3,(H,17,18). The van der Waals surface area contributed by atoms with Crippen molar-refractivity contribution in [1.82, 2.24) is 4.98 Å². The number of carboxylic acid groups (broad SMARTS) is 1. The molecule has 0 bridgehead atoms. The number of hydrogen-bond acceptors (Lipinski definition) is 6. The molecule has 1 heterocycles. The molecule has 0 atom stereocenters. The van der Waals surface area contributed by atoms with Gasteiger partial charge in [0.2, 0.25) is 5.89 Å². The summed E-state index contributed by atoms with van der Waals surface area (Å²) in [6, 6.07) is 3.60. The first-order chi connectivity index (χ1) is 9.88. The molecule has 0 spiro atoms. The van der Waals surface area contributed by atoms with E-state index in [-0.39, 0.29) is 23.5 Å². The molecule has 0 aliphatic rings. The fourth-order valence-corrected chi connectivity index (χ4v) is 1.76. The van der Waals surface area contributed by atoms with E-state index in [0.29, 0.717) is 11.7 Å². The number of carboxylic acids is 1. The van der Waals surface area contributed by atoms with Gasteiger partial charge < -0.3 is 14.8 Å². The summed E-state index contributed by atoms with van der Waals surface area (Å²) in [7, 11) is 0. The lowest BCUT2D eigenvalue weighted by Gasteiger charge is -2.07. The van der Waals surface area contributed by atoms with Crippen LogP contribution in [0.1, 0.15) is 27.7 Å². The van der Waals surface area contributed by atoms with Crippen molar-refractivity contribution in [3.8, 4) is 0 Å². The smallest absolute Gasteiger partial charge is 0.338 e. The van der Waals surface area contributed by atoms with Crippen LogP contribution in [0, 0.1) is 24.0 Å². The average molecular weight is 291 g/mol. The van der Waals surface area contributed by atoms with Crippen LogP contribution in [0.3, 0.4) is 0 Å². The van der Waals surface area contributed by atoms with Crippen molar-refractivity contribution < 1.29 is 19.2 Å². The number of nitrogens with zero attached hydrogens (tertiary/aromatic N) is 2. The lowest BCUT2D eigenvalue weighted by molar-refractivity contribution is -0.384. The number of hydrogen-bond donors (Lipinski definition) is 2. The highest BCUT2D eigenvalue weighted by atomic mass is 16.6. The van der Waals surface area contributed by atoms with Gasteiger partial charge >= 0.3 is 5.97 Å². The van der Waals surface area contributed by atoms with Crippen molar-refractivity contribution in [2.45, 2.75) is 20.4 Å². The summed E-state index contributed by atoms with van der Waals surface area (Å²) in [6.07, 6.45) is 0. The van der Waals surface area contributed by atoms with Crippen molar-refractivity contribution in [2.75, 3.05) is 5.32 Å². The predicted molar refractivity (Wildman–Crippen MR) is 73.4 cm³/mol. The molecule has 0 radical (unpaired) electrons. The van der Waals surface area contributed by atoms with E-state index in [2.05, 4.69) is 10.3 Å². The van der Waals surface area contributed by atoms with E-state index >= 15 is 0 Å². The number of oxazole rings is 1. The van der Waals surface area contributed by atoms with Gasteiger partial charge in [-0.3, -0.25) is 10.1 Å². The van der Waals surface area contributed by atoms with Crippen LogP contribution in [0.5, 0.6) is 0 Å². The Morgan fingerprint density at radius 1 is 1.48 bits per heavy atom. The van der Waals surface area contributed by atoms with Crippen molar-refractivity contribution >= 4 is 17.3 Å². The molecule has 2 rings (SSSR count). The minimum absolute atomic E-state index is 0.177. The monoisotopic (exact) mass is 291 g/mol. The van der Waals surface area contributed by atoms with E-state index in [0.717, 1.165) is 11.8 Å². The molecule has 0 aliphatic carbocycles. The molecule has 110 valence electrons. The molecular formula is C13H13N3O5. The van der Waals surface area contributed by atoms with Crippen LogP contribution < -0.4 is 5.32 Å². The molecule has 2 N–H and O–H groups in total. The molecule has 0 saturated heterocycles. The second-order valence-corrected chi connectivity index (χ2v) is 4.39. The summed E-state index contributed by atoms with van der Waals surface area (Å²) in [5.41, 5.74) is 0.570. The molecule has 8 nitrogen and oxygen atoms in total. The number of nitro groups is 1. The number of aromatic carboxylic acids is 1. The maximum Gasteiger partial charge on any atom is 0.338 e. The minimum Gasteiger partial charge on any atom is -0.478 e. The lowest BCUT2D eigenvalue weighted by Crippen LogP contribution is -2.07. The highest BCUT2D eigenvalue weighted by Gasteiger charge is 2.16. The van der Waals surface area contributed by atoms with E-state index in [9.17, 15) is 14.9 Å². The fourth-order valence-electron chi connectivity index (χ4n) is 1.76. The number of rotatable bonds is 5. The van der Waals surface area contributed by atoms with Gasteiger partial charge in [0.25, 0.3) is 5.69 Å². The normalized spacial score (nSPS) is 10.4. The Hall–Kier alpha value is -2.90. The van der Waals surface area contributed by atoms with E-state index in [1.54, 1.807) is 13.8 Å². The first-order valence-electron chi connectivity index (χ1n) is 6.07. The molecule has 0 saturated carbocycles. The summed E-state index contributed by atoms with van der Waals surface area (Å²) in [5, 5.41) is 22.6. The van der Waals surface area contributed by atoms with Crippen LogP contribution in [0.15, 0.2) is 22.6 Å². The van der Waals surface area contributed by atoms with E-state index in [1.807, 2.05) is 0 Å². The molecule has 0 aliphatic heterocycles. The quantitative estimate of drug-likeness (QED) is 0.641. The summed E-state index contributed by atoms with van der Waals surface area (Å²) in [4.78, 5) is 25.4. The Morgan fingerprint density at radius 3 is 2.71 bits per heavy atom. The largest absolute Gasteiger partial charge is 0.478 e. The second-order valence-electron chi connectivity index (χ2n) is 4.39. The predicted octanol–water partition coefficient (Wildman–Crippen LogP) is 2.51. The van der Waals surface area contributed by atoms with Gasteiger partial charge in [-0.2, -0.15) is 0 Å². The van der Waals surface area contributed by atoms with E-state index in [1.165, 1.54) is 12.1 Å². The Balaban J connectivity index is 2.23. The highest BCUT2D eigenvalue weighted by Crippen LogP contribution is 2.23. The van der Waals surface area contributed by atoms with Gasteiger partial charge in [0.15, 0.2) is 0 Å². The van der Waals surface area contributed by atoms with Crippen molar-refractivity contribution in [2.24, 2.45) is 0 Å². The molecule has 1 aromatic carbocycles. The topological polar surface area (TPSA) is 118 Å². The van der Waals surface area contributed by atoms with E-state index in [4.69, 9.17) is 9.52 Å². The molecule has 1 aromatic heterocycles. The van der Waals surface area contributed by atoms with Gasteiger partial charge in [-0.25, -0.2) is 9.78 Å². The average Bonchev–Trinajstić information content (AvgIpc) is 2.75. The number of nitro benzene ring substituents is 1. The minimum atomic E-state index is -1.25. The van der Waals surface area contributed by atoms with Gasteiger partial charge in [0.05, 0.1) is 22.7 Å². The highest BCUT2D eigenvalue weighted by molar-refractivity contribution is 5.95. The number of non-ortho nitro benzene ring substituents is 1. The van der Waals surface area contributed by atoms with Crippen LogP contribution in [-0.2, 0) is 6.54 Å². The molecule has 2 aromatic rings. The Bertz CT molecular complexity index is 688.